The number of aromatic nitrogens is 4. The van der Waals surface area contributed by atoms with Gasteiger partial charge in [0.1, 0.15) is 24.3 Å². The summed E-state index contributed by atoms with van der Waals surface area (Å²) in [5.74, 6) is -1.68. The smallest absolute Gasteiger partial charge is 0.255 e. The van der Waals surface area contributed by atoms with Gasteiger partial charge in [-0.1, -0.05) is 6.07 Å². The van der Waals surface area contributed by atoms with Crippen molar-refractivity contribution in [1.82, 2.24) is 25.1 Å². The zero-order chi connectivity index (χ0) is 16.2. The van der Waals surface area contributed by atoms with E-state index < -0.39 is 17.5 Å². The third-order valence-electron chi connectivity index (χ3n) is 3.15. The molecule has 1 amide bonds. The van der Waals surface area contributed by atoms with Crippen LogP contribution in [0, 0.1) is 11.6 Å². The number of nitrogens with zero attached hydrogens (tertiary/aromatic N) is 4. The minimum atomic E-state index is -0.715. The molecule has 0 spiro atoms. The number of rotatable bonds is 4. The van der Waals surface area contributed by atoms with Gasteiger partial charge in [0.05, 0.1) is 5.56 Å². The van der Waals surface area contributed by atoms with Crippen LogP contribution in [0.25, 0.3) is 5.82 Å². The quantitative estimate of drug-likeness (QED) is 0.798. The maximum Gasteiger partial charge on any atom is 0.255 e. The first kappa shape index (κ1) is 14.8. The van der Waals surface area contributed by atoms with Crippen LogP contribution in [0.4, 0.5) is 8.78 Å². The molecule has 2 heterocycles. The van der Waals surface area contributed by atoms with Crippen molar-refractivity contribution in [3.8, 4) is 5.82 Å². The summed E-state index contributed by atoms with van der Waals surface area (Å²) in [5, 5.41) is 6.40. The molecule has 1 aromatic carbocycles. The molecule has 6 nitrogen and oxygen atoms in total. The van der Waals surface area contributed by atoms with Crippen LogP contribution in [0.1, 0.15) is 15.9 Å². The number of carbonyl (C=O) groups excluding carboxylic acids is 1. The minimum Gasteiger partial charge on any atom is -0.348 e. The highest BCUT2D eigenvalue weighted by molar-refractivity contribution is 5.97. The maximum atomic E-state index is 13.6. The van der Waals surface area contributed by atoms with Crippen molar-refractivity contribution in [2.75, 3.05) is 0 Å². The van der Waals surface area contributed by atoms with Gasteiger partial charge >= 0.3 is 0 Å². The third-order valence-corrected chi connectivity index (χ3v) is 3.15. The summed E-state index contributed by atoms with van der Waals surface area (Å²) < 4.78 is 28.5. The molecule has 116 valence electrons. The molecule has 0 fully saturated rings. The fraction of sp³-hybridized carbons (Fsp3) is 0.0667. The number of hydrogen-bond acceptors (Lipinski definition) is 4. The number of pyridine rings is 1. The Morgan fingerprint density at radius 3 is 2.65 bits per heavy atom. The zero-order valence-corrected chi connectivity index (χ0v) is 11.8. The summed E-state index contributed by atoms with van der Waals surface area (Å²) in [7, 11) is 0. The lowest BCUT2D eigenvalue weighted by Gasteiger charge is -2.10. The molecule has 0 radical (unpaired) electrons. The number of halogens is 2. The fourth-order valence-corrected chi connectivity index (χ4v) is 2.04. The highest BCUT2D eigenvalue weighted by Crippen LogP contribution is 2.13. The first-order chi connectivity index (χ1) is 11.2. The molecule has 0 unspecified atom stereocenters. The molecule has 0 saturated carbocycles. The zero-order valence-electron chi connectivity index (χ0n) is 11.8. The molecular weight excluding hydrogens is 304 g/mol. The summed E-state index contributed by atoms with van der Waals surface area (Å²) in [6, 6.07) is 6.65. The van der Waals surface area contributed by atoms with E-state index in [2.05, 4.69) is 20.4 Å². The monoisotopic (exact) mass is 315 g/mol. The Bertz CT molecular complexity index is 815. The van der Waals surface area contributed by atoms with E-state index in [1.54, 1.807) is 6.07 Å². The summed E-state index contributed by atoms with van der Waals surface area (Å²) >= 11 is 0. The SMILES string of the molecule is O=C(NCc1c(F)cccc1F)c1cccnc1-n1cncn1. The van der Waals surface area contributed by atoms with E-state index in [1.165, 1.54) is 35.7 Å². The molecule has 0 saturated heterocycles. The van der Waals surface area contributed by atoms with Crippen molar-refractivity contribution in [2.45, 2.75) is 6.54 Å². The molecule has 0 aliphatic carbocycles. The normalized spacial score (nSPS) is 10.5. The van der Waals surface area contributed by atoms with Crippen molar-refractivity contribution in [3.05, 3.63) is 71.9 Å². The highest BCUT2D eigenvalue weighted by atomic mass is 19.1. The van der Waals surface area contributed by atoms with Crippen LogP contribution in [0.2, 0.25) is 0 Å². The van der Waals surface area contributed by atoms with Gasteiger partial charge in [0.15, 0.2) is 5.82 Å². The van der Waals surface area contributed by atoms with E-state index in [4.69, 9.17) is 0 Å². The first-order valence-corrected chi connectivity index (χ1v) is 6.68. The van der Waals surface area contributed by atoms with Crippen LogP contribution in [0.3, 0.4) is 0 Å². The van der Waals surface area contributed by atoms with E-state index in [0.29, 0.717) is 0 Å². The van der Waals surface area contributed by atoms with Crippen LogP contribution in [-0.2, 0) is 6.54 Å². The molecule has 3 rings (SSSR count). The molecule has 3 aromatic rings. The number of benzene rings is 1. The van der Waals surface area contributed by atoms with Gasteiger partial charge < -0.3 is 5.32 Å². The standard InChI is InChI=1S/C15H11F2N5O/c16-12-4-1-5-13(17)11(12)7-20-15(23)10-3-2-6-19-14(10)22-9-18-8-21-22/h1-6,8-9H,7H2,(H,20,23). The Labute approximate surface area is 129 Å². The molecule has 8 heteroatoms. The molecule has 0 aliphatic rings. The topological polar surface area (TPSA) is 72.7 Å². The molecular formula is C15H11F2N5O. The van der Waals surface area contributed by atoms with Crippen LogP contribution < -0.4 is 5.32 Å². The molecule has 2 aromatic heterocycles. The first-order valence-electron chi connectivity index (χ1n) is 6.68. The second kappa shape index (κ2) is 6.30. The Hall–Kier alpha value is -3.16. The van der Waals surface area contributed by atoms with Crippen LogP contribution in [-0.4, -0.2) is 25.7 Å². The van der Waals surface area contributed by atoms with Crippen molar-refractivity contribution in [1.29, 1.82) is 0 Å². The Morgan fingerprint density at radius 2 is 1.96 bits per heavy atom. The van der Waals surface area contributed by atoms with Gasteiger partial charge in [0, 0.05) is 18.3 Å². The number of hydrogen-bond donors (Lipinski definition) is 1. The van der Waals surface area contributed by atoms with Crippen LogP contribution in [0.15, 0.2) is 49.2 Å². The molecule has 23 heavy (non-hydrogen) atoms. The summed E-state index contributed by atoms with van der Waals surface area (Å²) in [5.41, 5.74) is 0.0155. The van der Waals surface area contributed by atoms with Gasteiger partial charge in [-0.3, -0.25) is 4.79 Å². The summed E-state index contributed by atoms with van der Waals surface area (Å²) in [4.78, 5) is 20.2. The summed E-state index contributed by atoms with van der Waals surface area (Å²) in [6.45, 7) is -0.275. The predicted octanol–water partition coefficient (Wildman–Crippen LogP) is 1.87. The van der Waals surface area contributed by atoms with E-state index in [0.717, 1.165) is 12.1 Å². The highest BCUT2D eigenvalue weighted by Gasteiger charge is 2.16. The van der Waals surface area contributed by atoms with E-state index in [-0.39, 0.29) is 23.5 Å². The predicted molar refractivity (Wildman–Crippen MR) is 76.7 cm³/mol. The second-order valence-electron chi connectivity index (χ2n) is 4.60. The molecule has 0 atom stereocenters. The number of amides is 1. The average molecular weight is 315 g/mol. The number of carbonyl (C=O) groups is 1. The summed E-state index contributed by atoms with van der Waals surface area (Å²) in [6.07, 6.45) is 4.21. The Morgan fingerprint density at radius 1 is 1.17 bits per heavy atom. The van der Waals surface area contributed by atoms with Crippen LogP contribution in [0.5, 0.6) is 0 Å². The van der Waals surface area contributed by atoms with Crippen molar-refractivity contribution in [2.24, 2.45) is 0 Å². The minimum absolute atomic E-state index is 0.202. The van der Waals surface area contributed by atoms with Gasteiger partial charge in [-0.25, -0.2) is 23.4 Å². The van der Waals surface area contributed by atoms with Gasteiger partial charge in [0.2, 0.25) is 0 Å². The largest absolute Gasteiger partial charge is 0.348 e. The Balaban J connectivity index is 1.82. The van der Waals surface area contributed by atoms with Crippen molar-refractivity contribution >= 4 is 5.91 Å². The van der Waals surface area contributed by atoms with Gasteiger partial charge in [-0.05, 0) is 24.3 Å². The van der Waals surface area contributed by atoms with Gasteiger partial charge in [-0.2, -0.15) is 5.10 Å². The lowest BCUT2D eigenvalue weighted by Crippen LogP contribution is -2.25. The van der Waals surface area contributed by atoms with E-state index in [1.807, 2.05) is 0 Å². The molecule has 0 aliphatic heterocycles. The van der Waals surface area contributed by atoms with Gasteiger partial charge in [-0.15, -0.1) is 0 Å². The second-order valence-corrected chi connectivity index (χ2v) is 4.60. The lowest BCUT2D eigenvalue weighted by molar-refractivity contribution is 0.0949. The average Bonchev–Trinajstić information content (AvgIpc) is 3.08. The Kier molecular flexibility index (Phi) is 4.05. The van der Waals surface area contributed by atoms with Crippen molar-refractivity contribution < 1.29 is 13.6 Å². The maximum absolute atomic E-state index is 13.6. The van der Waals surface area contributed by atoms with E-state index in [9.17, 15) is 13.6 Å². The van der Waals surface area contributed by atoms with Gasteiger partial charge in [0.25, 0.3) is 5.91 Å². The van der Waals surface area contributed by atoms with E-state index >= 15 is 0 Å². The lowest BCUT2D eigenvalue weighted by atomic mass is 10.2. The molecule has 1 N–H and O–H groups in total. The van der Waals surface area contributed by atoms with Crippen LogP contribution >= 0.6 is 0 Å². The number of nitrogens with one attached hydrogen (secondary N) is 1. The van der Waals surface area contributed by atoms with Crippen molar-refractivity contribution in [3.63, 3.8) is 0 Å². The third kappa shape index (κ3) is 3.05. The fourth-order valence-electron chi connectivity index (χ4n) is 2.04. The molecule has 0 bridgehead atoms.